The molecule has 0 fully saturated rings. The van der Waals surface area contributed by atoms with Crippen LogP contribution in [0.4, 0.5) is 5.69 Å². The van der Waals surface area contributed by atoms with E-state index < -0.39 is 10.0 Å². The SMILES string of the molecule is COc1ccc(S(=O)(=O)Nc2ccc(Br)cc2C#Cc2cccnc2)c2ncccc12. The quantitative estimate of drug-likeness (QED) is 0.420. The third-order valence-electron chi connectivity index (χ3n) is 4.43. The highest BCUT2D eigenvalue weighted by Crippen LogP contribution is 2.31. The van der Waals surface area contributed by atoms with Crippen molar-refractivity contribution >= 4 is 42.5 Å². The van der Waals surface area contributed by atoms with Crippen LogP contribution in [-0.4, -0.2) is 25.5 Å². The minimum absolute atomic E-state index is 0.0537. The van der Waals surface area contributed by atoms with Crippen LogP contribution in [0.3, 0.4) is 0 Å². The lowest BCUT2D eigenvalue weighted by Gasteiger charge is -2.13. The summed E-state index contributed by atoms with van der Waals surface area (Å²) in [5.74, 6) is 6.57. The number of sulfonamides is 1. The molecule has 0 aliphatic carbocycles. The first-order valence-electron chi connectivity index (χ1n) is 9.14. The Bertz CT molecular complexity index is 1430. The number of pyridine rings is 2. The zero-order chi connectivity index (χ0) is 21.8. The van der Waals surface area contributed by atoms with Gasteiger partial charge in [-0.25, -0.2) is 8.42 Å². The van der Waals surface area contributed by atoms with Crippen LogP contribution in [0.25, 0.3) is 10.9 Å². The molecule has 4 rings (SSSR count). The smallest absolute Gasteiger partial charge is 0.264 e. The van der Waals surface area contributed by atoms with Gasteiger partial charge in [-0.3, -0.25) is 14.7 Å². The molecule has 2 aromatic heterocycles. The topological polar surface area (TPSA) is 81.2 Å². The van der Waals surface area contributed by atoms with Gasteiger partial charge in [-0.2, -0.15) is 0 Å². The van der Waals surface area contributed by atoms with Crippen molar-refractivity contribution < 1.29 is 13.2 Å². The number of methoxy groups -OCH3 is 1. The van der Waals surface area contributed by atoms with E-state index in [0.717, 1.165) is 10.0 Å². The maximum Gasteiger partial charge on any atom is 0.264 e. The van der Waals surface area contributed by atoms with E-state index in [1.165, 1.54) is 13.2 Å². The number of halogens is 1. The van der Waals surface area contributed by atoms with Crippen molar-refractivity contribution in [1.82, 2.24) is 9.97 Å². The molecule has 31 heavy (non-hydrogen) atoms. The third-order valence-corrected chi connectivity index (χ3v) is 6.32. The molecule has 6 nitrogen and oxygen atoms in total. The van der Waals surface area contributed by atoms with Crippen molar-refractivity contribution in [1.29, 1.82) is 0 Å². The van der Waals surface area contributed by atoms with Gasteiger partial charge in [-0.1, -0.05) is 27.8 Å². The van der Waals surface area contributed by atoms with Crippen molar-refractivity contribution in [2.45, 2.75) is 4.90 Å². The fraction of sp³-hybridized carbons (Fsp3) is 0.0435. The number of benzene rings is 2. The molecular weight excluding hydrogens is 478 g/mol. The Morgan fingerprint density at radius 1 is 1.03 bits per heavy atom. The molecule has 0 bridgehead atoms. The summed E-state index contributed by atoms with van der Waals surface area (Å²) in [4.78, 5) is 8.36. The van der Waals surface area contributed by atoms with Crippen molar-refractivity contribution in [3.05, 3.63) is 88.8 Å². The number of aromatic nitrogens is 2. The third kappa shape index (κ3) is 4.53. The summed E-state index contributed by atoms with van der Waals surface area (Å²) in [6.07, 6.45) is 4.85. The number of nitrogens with zero attached hydrogens (tertiary/aromatic N) is 2. The second-order valence-electron chi connectivity index (χ2n) is 6.45. The molecule has 2 aromatic carbocycles. The zero-order valence-electron chi connectivity index (χ0n) is 16.3. The average Bonchev–Trinajstić information content (AvgIpc) is 2.79. The van der Waals surface area contributed by atoms with Gasteiger partial charge >= 0.3 is 0 Å². The van der Waals surface area contributed by atoms with Crippen molar-refractivity contribution in [3.63, 3.8) is 0 Å². The lowest BCUT2D eigenvalue weighted by Crippen LogP contribution is -2.15. The highest BCUT2D eigenvalue weighted by Gasteiger charge is 2.21. The second-order valence-corrected chi connectivity index (χ2v) is 9.02. The van der Waals surface area contributed by atoms with Crippen molar-refractivity contribution in [2.75, 3.05) is 11.8 Å². The van der Waals surface area contributed by atoms with Gasteiger partial charge in [0.1, 0.15) is 10.6 Å². The predicted octanol–water partition coefficient (Wildman–Crippen LogP) is 4.60. The standard InChI is InChI=1S/C23H16BrN3O3S/c1-30-21-10-11-22(23-19(21)5-3-13-26-23)31(28,29)27-20-9-8-18(24)14-17(20)7-6-16-4-2-12-25-15-16/h2-5,8-15,27H,1H3. The summed E-state index contributed by atoms with van der Waals surface area (Å²) in [5, 5.41) is 0.611. The Labute approximate surface area is 188 Å². The van der Waals surface area contributed by atoms with Gasteiger partial charge in [0.15, 0.2) is 0 Å². The molecule has 0 unspecified atom stereocenters. The summed E-state index contributed by atoms with van der Waals surface area (Å²) >= 11 is 3.41. The van der Waals surface area contributed by atoms with Crippen molar-refractivity contribution in [3.8, 4) is 17.6 Å². The summed E-state index contributed by atoms with van der Waals surface area (Å²) < 4.78 is 35.3. The fourth-order valence-electron chi connectivity index (χ4n) is 3.00. The molecule has 0 aliphatic heterocycles. The Hall–Kier alpha value is -3.41. The largest absolute Gasteiger partial charge is 0.496 e. The molecule has 0 spiro atoms. The molecule has 0 radical (unpaired) electrons. The van der Waals surface area contributed by atoms with Gasteiger partial charge in [-0.05, 0) is 54.6 Å². The lowest BCUT2D eigenvalue weighted by molar-refractivity contribution is 0.419. The summed E-state index contributed by atoms with van der Waals surface area (Å²) in [6.45, 7) is 0. The van der Waals surface area contributed by atoms with E-state index in [9.17, 15) is 8.42 Å². The number of hydrogen-bond donors (Lipinski definition) is 1. The Morgan fingerprint density at radius 2 is 1.87 bits per heavy atom. The minimum atomic E-state index is -3.95. The highest BCUT2D eigenvalue weighted by atomic mass is 79.9. The first-order valence-corrected chi connectivity index (χ1v) is 11.4. The van der Waals surface area contributed by atoms with Gasteiger partial charge in [0.2, 0.25) is 0 Å². The highest BCUT2D eigenvalue weighted by molar-refractivity contribution is 9.10. The first-order chi connectivity index (χ1) is 15.0. The second kappa shape index (κ2) is 8.76. The van der Waals surface area contributed by atoms with Gasteiger partial charge in [-0.15, -0.1) is 0 Å². The predicted molar refractivity (Wildman–Crippen MR) is 123 cm³/mol. The summed E-state index contributed by atoms with van der Waals surface area (Å²) in [5.41, 5.74) is 1.93. The molecule has 0 amide bonds. The molecule has 4 aromatic rings. The maximum atomic E-state index is 13.3. The number of rotatable bonds is 4. The van der Waals surface area contributed by atoms with Gasteiger partial charge in [0.25, 0.3) is 10.0 Å². The van der Waals surface area contributed by atoms with Gasteiger partial charge < -0.3 is 4.74 Å². The fourth-order valence-corrected chi connectivity index (χ4v) is 4.60. The van der Waals surface area contributed by atoms with Gasteiger partial charge in [0, 0.05) is 34.0 Å². The molecule has 0 saturated heterocycles. The van der Waals surface area contributed by atoms with Crippen LogP contribution >= 0.6 is 15.9 Å². The minimum Gasteiger partial charge on any atom is -0.496 e. The Kier molecular flexibility index (Phi) is 5.89. The first kappa shape index (κ1) is 20.8. The monoisotopic (exact) mass is 493 g/mol. The van der Waals surface area contributed by atoms with E-state index in [-0.39, 0.29) is 4.90 Å². The van der Waals surface area contributed by atoms with E-state index in [1.807, 2.05) is 6.07 Å². The normalized spacial score (nSPS) is 10.9. The number of nitrogens with one attached hydrogen (secondary N) is 1. The molecule has 154 valence electrons. The number of fused-ring (bicyclic) bond motifs is 1. The van der Waals surface area contributed by atoms with E-state index in [2.05, 4.69) is 42.5 Å². The van der Waals surface area contributed by atoms with Gasteiger partial charge in [0.05, 0.1) is 23.9 Å². The molecule has 2 heterocycles. The average molecular weight is 494 g/mol. The summed E-state index contributed by atoms with van der Waals surface area (Å²) in [6, 6.07) is 15.4. The van der Waals surface area contributed by atoms with E-state index >= 15 is 0 Å². The van der Waals surface area contributed by atoms with Crippen LogP contribution in [0.2, 0.25) is 0 Å². The van der Waals surface area contributed by atoms with Crippen LogP contribution in [-0.2, 0) is 10.0 Å². The van der Waals surface area contributed by atoms with Crippen LogP contribution in [0, 0.1) is 11.8 Å². The van der Waals surface area contributed by atoms with E-state index in [4.69, 9.17) is 4.74 Å². The van der Waals surface area contributed by atoms with Crippen LogP contribution in [0.5, 0.6) is 5.75 Å². The number of ether oxygens (including phenoxy) is 1. The molecule has 8 heteroatoms. The van der Waals surface area contributed by atoms with Crippen LogP contribution < -0.4 is 9.46 Å². The Morgan fingerprint density at radius 3 is 2.65 bits per heavy atom. The molecule has 0 aliphatic rings. The molecule has 0 atom stereocenters. The van der Waals surface area contributed by atoms with E-state index in [0.29, 0.717) is 27.9 Å². The van der Waals surface area contributed by atoms with E-state index in [1.54, 1.807) is 61.1 Å². The Balaban J connectivity index is 1.77. The lowest BCUT2D eigenvalue weighted by atomic mass is 10.1. The van der Waals surface area contributed by atoms with Crippen LogP contribution in [0.15, 0.2) is 82.6 Å². The molecule has 0 saturated carbocycles. The zero-order valence-corrected chi connectivity index (χ0v) is 18.7. The summed E-state index contributed by atoms with van der Waals surface area (Å²) in [7, 11) is -2.42. The molecular formula is C23H16BrN3O3S. The maximum absolute atomic E-state index is 13.3. The number of anilines is 1. The van der Waals surface area contributed by atoms with Crippen LogP contribution in [0.1, 0.15) is 11.1 Å². The molecule has 1 N–H and O–H groups in total. The number of hydrogen-bond acceptors (Lipinski definition) is 5. The van der Waals surface area contributed by atoms with Crippen molar-refractivity contribution in [2.24, 2.45) is 0 Å².